The molecule has 0 heterocycles. The molecule has 0 unspecified atom stereocenters. The fraction of sp³-hybridized carbons (Fsp3) is 0. The van der Waals surface area contributed by atoms with Crippen molar-refractivity contribution in [1.29, 1.82) is 0 Å². The van der Waals surface area contributed by atoms with E-state index in [4.69, 9.17) is 14.4 Å². The van der Waals surface area contributed by atoms with Gasteiger partial charge in [0.15, 0.2) is 0 Å². The minimum Gasteiger partial charge on any atom is -0.813 e. The molecule has 6 heteroatoms. The normalized spacial score (nSPS) is 5.83. The van der Waals surface area contributed by atoms with Crippen molar-refractivity contribution in [3.63, 3.8) is 0 Å². The zero-order chi connectivity index (χ0) is 3.58. The molecule has 0 amide bonds. The van der Waals surface area contributed by atoms with Crippen LogP contribution in [0.1, 0.15) is 0 Å². The maximum absolute atomic E-state index is 8.52. The fourth-order valence-electron chi connectivity index (χ4n) is 0. The summed E-state index contributed by atoms with van der Waals surface area (Å²) in [6.45, 7) is 0. The predicted octanol–water partition coefficient (Wildman–Crippen LogP) is -1.74. The Morgan fingerprint density at radius 2 is 1.33 bits per heavy atom. The van der Waals surface area contributed by atoms with Gasteiger partial charge < -0.3 is 20.5 Å². The van der Waals surface area contributed by atoms with Gasteiger partial charge in [-0.25, -0.2) is 0 Å². The molecule has 0 fully saturated rings. The number of hydrogen-bond acceptors (Lipinski definition) is 4. The molecule has 0 saturated heterocycles. The standard InChI is InChI=1S/H3N.Ni.H3O3P/c;;1-4(2)3/h1H3;;4H,(H2,1,2,3)/q;+2;/p-2. The molecule has 0 aromatic carbocycles. The monoisotopic (exact) mass is 155 g/mol. The fourth-order valence-corrected chi connectivity index (χ4v) is 0. The second kappa shape index (κ2) is 9.15. The molecule has 0 aliphatic carbocycles. The van der Waals surface area contributed by atoms with Crippen LogP contribution < -0.4 is 15.9 Å². The summed E-state index contributed by atoms with van der Waals surface area (Å²) in [4.78, 5) is 17.0. The SMILES string of the molecule is N.O=[PH]([O-])[O-].[Ni+2]. The van der Waals surface area contributed by atoms with Crippen molar-refractivity contribution < 1.29 is 30.8 Å². The van der Waals surface area contributed by atoms with Gasteiger partial charge in [-0.05, 0) is 0 Å². The van der Waals surface area contributed by atoms with E-state index in [9.17, 15) is 0 Å². The van der Waals surface area contributed by atoms with Gasteiger partial charge in [0, 0.05) is 0 Å². The Balaban J connectivity index is -0.0000000450. The van der Waals surface area contributed by atoms with E-state index >= 15 is 0 Å². The Kier molecular flexibility index (Phi) is 24.3. The summed E-state index contributed by atoms with van der Waals surface area (Å²) in [7, 11) is -3.63. The topological polar surface area (TPSA) is 98.2 Å². The summed E-state index contributed by atoms with van der Waals surface area (Å²) in [5.41, 5.74) is 0. The molecule has 4 nitrogen and oxygen atoms in total. The molecule has 0 bridgehead atoms. The largest absolute Gasteiger partial charge is 2.00 e. The maximum Gasteiger partial charge on any atom is 2.00 e. The Hall–Kier alpha value is 0.604. The molecule has 6 heavy (non-hydrogen) atoms. The molecule has 0 aromatic heterocycles. The van der Waals surface area contributed by atoms with Crippen molar-refractivity contribution in [1.82, 2.24) is 6.15 Å². The van der Waals surface area contributed by atoms with Gasteiger partial charge in [0.05, 0.1) is 0 Å². The maximum atomic E-state index is 8.52. The van der Waals surface area contributed by atoms with Crippen LogP contribution in [-0.4, -0.2) is 0 Å². The van der Waals surface area contributed by atoms with E-state index in [1.54, 1.807) is 0 Å². The Bertz CT molecular complexity index is 33.8. The summed E-state index contributed by atoms with van der Waals surface area (Å²) in [6.07, 6.45) is 0. The molecular weight excluding hydrogens is 152 g/mol. The van der Waals surface area contributed by atoms with Crippen LogP contribution in [0, 0.1) is 0 Å². The first kappa shape index (κ1) is 16.0. The first-order valence-corrected chi connectivity index (χ1v) is 1.84. The van der Waals surface area contributed by atoms with Gasteiger partial charge in [0.25, 0.3) is 0 Å². The van der Waals surface area contributed by atoms with Crippen LogP contribution in [0.25, 0.3) is 0 Å². The van der Waals surface area contributed by atoms with E-state index in [1.165, 1.54) is 0 Å². The van der Waals surface area contributed by atoms with E-state index < -0.39 is 8.25 Å². The quantitative estimate of drug-likeness (QED) is 0.332. The average molecular weight is 156 g/mol. The number of hydrogen-bond donors (Lipinski definition) is 1. The van der Waals surface area contributed by atoms with Crippen LogP contribution in [0.15, 0.2) is 0 Å². The Morgan fingerprint density at radius 3 is 1.33 bits per heavy atom. The molecule has 42 valence electrons. The molecule has 3 N–H and O–H groups in total. The van der Waals surface area contributed by atoms with Crippen molar-refractivity contribution in [2.75, 3.05) is 0 Å². The molecule has 0 atom stereocenters. The third-order valence-electron chi connectivity index (χ3n) is 0. The van der Waals surface area contributed by atoms with Gasteiger partial charge in [-0.2, -0.15) is 0 Å². The molecule has 0 saturated carbocycles. The van der Waals surface area contributed by atoms with Crippen molar-refractivity contribution in [3.8, 4) is 0 Å². The Morgan fingerprint density at radius 1 is 1.33 bits per heavy atom. The summed E-state index contributed by atoms with van der Waals surface area (Å²) in [5, 5.41) is 0. The Labute approximate surface area is 46.0 Å². The first-order chi connectivity index (χ1) is 1.73. The second-order valence-corrected chi connectivity index (χ2v) is 0.750. The minimum atomic E-state index is -3.63. The molecule has 0 rings (SSSR count). The summed E-state index contributed by atoms with van der Waals surface area (Å²) in [6, 6.07) is 0. The van der Waals surface area contributed by atoms with Gasteiger partial charge in [0.2, 0.25) is 0 Å². The zero-order valence-corrected chi connectivity index (χ0v) is 4.74. The van der Waals surface area contributed by atoms with E-state index in [1.807, 2.05) is 0 Å². The minimum absolute atomic E-state index is 0. The first-order valence-electron chi connectivity index (χ1n) is 0.612. The van der Waals surface area contributed by atoms with E-state index in [0.29, 0.717) is 0 Å². The summed E-state index contributed by atoms with van der Waals surface area (Å²) >= 11 is 0. The van der Waals surface area contributed by atoms with Gasteiger partial charge in [-0.1, -0.05) is 8.25 Å². The van der Waals surface area contributed by atoms with Crippen LogP contribution in [-0.2, 0) is 21.1 Å². The smallest absolute Gasteiger partial charge is 0.813 e. The summed E-state index contributed by atoms with van der Waals surface area (Å²) in [5.74, 6) is 0. The van der Waals surface area contributed by atoms with Crippen molar-refractivity contribution in [2.45, 2.75) is 0 Å². The average Bonchev–Trinajstić information content (AvgIpc) is 0.811. The van der Waals surface area contributed by atoms with Crippen LogP contribution in [0.2, 0.25) is 0 Å². The van der Waals surface area contributed by atoms with Crippen LogP contribution >= 0.6 is 8.25 Å². The molecule has 0 aromatic rings. The third-order valence-corrected chi connectivity index (χ3v) is 0. The molecule has 0 aliphatic rings. The van der Waals surface area contributed by atoms with E-state index in [2.05, 4.69) is 0 Å². The molecule has 0 aliphatic heterocycles. The predicted molar refractivity (Wildman–Crippen MR) is 14.0 cm³/mol. The molecular formula is H4NNiO3P. The third kappa shape index (κ3) is 164. The van der Waals surface area contributed by atoms with Gasteiger partial charge in [0.1, 0.15) is 0 Å². The number of rotatable bonds is 0. The molecule has 0 spiro atoms. The van der Waals surface area contributed by atoms with Crippen LogP contribution in [0.5, 0.6) is 0 Å². The van der Waals surface area contributed by atoms with Crippen LogP contribution in [0.3, 0.4) is 0 Å². The van der Waals surface area contributed by atoms with E-state index in [0.717, 1.165) is 0 Å². The van der Waals surface area contributed by atoms with Gasteiger partial charge >= 0.3 is 16.5 Å². The summed E-state index contributed by atoms with van der Waals surface area (Å²) < 4.78 is 8.52. The zero-order valence-electron chi connectivity index (χ0n) is 2.75. The van der Waals surface area contributed by atoms with Crippen molar-refractivity contribution >= 4 is 8.25 Å². The van der Waals surface area contributed by atoms with Crippen molar-refractivity contribution in [3.05, 3.63) is 0 Å². The van der Waals surface area contributed by atoms with E-state index in [-0.39, 0.29) is 22.6 Å². The van der Waals surface area contributed by atoms with Crippen molar-refractivity contribution in [2.24, 2.45) is 0 Å². The molecule has 0 radical (unpaired) electrons. The van der Waals surface area contributed by atoms with Gasteiger partial charge in [-0.15, -0.1) is 0 Å². The van der Waals surface area contributed by atoms with Crippen LogP contribution in [0.4, 0.5) is 0 Å². The second-order valence-electron chi connectivity index (χ2n) is 0.250. The van der Waals surface area contributed by atoms with Gasteiger partial charge in [-0.3, -0.25) is 0 Å².